The first-order valence-electron chi connectivity index (χ1n) is 13.8. The lowest BCUT2D eigenvalue weighted by molar-refractivity contribution is -0.117. The molecule has 0 aliphatic heterocycles. The van der Waals surface area contributed by atoms with Crippen molar-refractivity contribution in [2.24, 2.45) is 0 Å². The van der Waals surface area contributed by atoms with Crippen LogP contribution in [0.1, 0.15) is 27.0 Å². The van der Waals surface area contributed by atoms with Crippen molar-refractivity contribution < 1.29 is 23.5 Å². The summed E-state index contributed by atoms with van der Waals surface area (Å²) in [7, 11) is 3.23. The number of methoxy groups -OCH3 is 1. The predicted octanol–water partition coefficient (Wildman–Crippen LogP) is 5.74. The molecule has 0 fully saturated rings. The molecule has 3 aromatic heterocycles. The standard InChI is InChI=1S/C33H31FN4O4S/c1-35-33(40)24-5-3-4-21(14-24)15-25(39)16-22-7-9-29(26(34)17-22)42-30-10-11-37-28-18-31(43-32(28)30)27-8-6-23(20-38-27)19-36-12-13-41-2/h3-11,14,17-18,20,36H,12-13,15-16,19H2,1-2H3,(H,35,40). The number of pyridine rings is 2. The van der Waals surface area contributed by atoms with E-state index in [0.29, 0.717) is 30.0 Å². The van der Waals surface area contributed by atoms with Gasteiger partial charge >= 0.3 is 0 Å². The quantitative estimate of drug-likeness (QED) is 0.167. The first-order valence-corrected chi connectivity index (χ1v) is 14.6. The number of aromatic nitrogens is 2. The molecular formula is C33H31FN4O4S. The summed E-state index contributed by atoms with van der Waals surface area (Å²) < 4.78 is 26.9. The Hall–Kier alpha value is -4.51. The van der Waals surface area contributed by atoms with Gasteiger partial charge in [0.2, 0.25) is 0 Å². The Balaban J connectivity index is 1.25. The average molecular weight is 599 g/mol. The molecule has 8 nitrogen and oxygen atoms in total. The van der Waals surface area contributed by atoms with Crippen molar-refractivity contribution in [3.05, 3.63) is 107 Å². The number of ketones is 1. The molecule has 3 heterocycles. The minimum Gasteiger partial charge on any atom is -0.453 e. The zero-order valence-electron chi connectivity index (χ0n) is 23.9. The van der Waals surface area contributed by atoms with Crippen molar-refractivity contribution in [2.75, 3.05) is 27.3 Å². The number of thiophene rings is 1. The number of carbonyl (C=O) groups excluding carboxylic acids is 2. The van der Waals surface area contributed by atoms with Crippen molar-refractivity contribution in [3.8, 4) is 22.1 Å². The number of carbonyl (C=O) groups is 2. The number of nitrogens with zero attached hydrogens (tertiary/aromatic N) is 2. The fraction of sp³-hybridized carbons (Fsp3) is 0.212. The molecule has 0 aliphatic rings. The van der Waals surface area contributed by atoms with Gasteiger partial charge in [0.1, 0.15) is 11.5 Å². The monoisotopic (exact) mass is 598 g/mol. The molecule has 2 aromatic carbocycles. The Bertz CT molecular complexity index is 1740. The van der Waals surface area contributed by atoms with E-state index in [1.165, 1.54) is 23.5 Å². The molecule has 10 heteroatoms. The van der Waals surface area contributed by atoms with Crippen LogP contribution in [0.15, 0.2) is 79.1 Å². The molecule has 0 unspecified atom stereocenters. The van der Waals surface area contributed by atoms with Crippen molar-refractivity contribution in [3.63, 3.8) is 0 Å². The number of ether oxygens (including phenoxy) is 2. The third-order valence-corrected chi connectivity index (χ3v) is 7.86. The van der Waals surface area contributed by atoms with Crippen LogP contribution >= 0.6 is 11.3 Å². The number of amides is 1. The second-order valence-electron chi connectivity index (χ2n) is 9.89. The highest BCUT2D eigenvalue weighted by Crippen LogP contribution is 2.39. The largest absolute Gasteiger partial charge is 0.453 e. The molecule has 0 saturated heterocycles. The number of benzene rings is 2. The number of rotatable bonds is 13. The van der Waals surface area contributed by atoms with Crippen molar-refractivity contribution in [1.29, 1.82) is 0 Å². The maximum Gasteiger partial charge on any atom is 0.251 e. The van der Waals surface area contributed by atoms with E-state index >= 15 is 4.39 Å². The second kappa shape index (κ2) is 14.1. The number of halogens is 1. The van der Waals surface area contributed by atoms with Gasteiger partial charge in [0.15, 0.2) is 11.6 Å². The molecule has 5 rings (SSSR count). The Morgan fingerprint density at radius 3 is 2.49 bits per heavy atom. The summed E-state index contributed by atoms with van der Waals surface area (Å²) in [6, 6.07) is 19.1. The van der Waals surface area contributed by atoms with Crippen LogP contribution in [0.2, 0.25) is 0 Å². The Morgan fingerprint density at radius 2 is 1.74 bits per heavy atom. The first kappa shape index (κ1) is 30.0. The van der Waals surface area contributed by atoms with Gasteiger partial charge in [0, 0.05) is 64.1 Å². The van der Waals surface area contributed by atoms with Crippen molar-refractivity contribution in [1.82, 2.24) is 20.6 Å². The van der Waals surface area contributed by atoms with Crippen LogP contribution in [0.4, 0.5) is 4.39 Å². The Morgan fingerprint density at radius 1 is 0.930 bits per heavy atom. The zero-order valence-corrected chi connectivity index (χ0v) is 24.7. The molecule has 0 radical (unpaired) electrons. The summed E-state index contributed by atoms with van der Waals surface area (Å²) in [5.41, 5.74) is 4.37. The van der Waals surface area contributed by atoms with Crippen LogP contribution in [0.3, 0.4) is 0 Å². The van der Waals surface area contributed by atoms with E-state index in [-0.39, 0.29) is 30.3 Å². The molecule has 0 spiro atoms. The summed E-state index contributed by atoms with van der Waals surface area (Å²) in [5, 5.41) is 5.87. The molecule has 220 valence electrons. The lowest BCUT2D eigenvalue weighted by Gasteiger charge is -2.09. The average Bonchev–Trinajstić information content (AvgIpc) is 3.46. The number of fused-ring (bicyclic) bond motifs is 1. The number of nitrogens with one attached hydrogen (secondary N) is 2. The summed E-state index contributed by atoms with van der Waals surface area (Å²) in [5.74, 6) is -0.331. The molecule has 0 aliphatic carbocycles. The van der Waals surface area contributed by atoms with Crippen molar-refractivity contribution in [2.45, 2.75) is 19.4 Å². The molecule has 0 bridgehead atoms. The minimum absolute atomic E-state index is 0.0559. The normalized spacial score (nSPS) is 11.0. The third-order valence-electron chi connectivity index (χ3n) is 6.70. The Kier molecular flexibility index (Phi) is 9.83. The SMILES string of the molecule is CNC(=O)c1cccc(CC(=O)Cc2ccc(Oc3ccnc4cc(-c5ccc(CNCCOC)cn5)sc34)c(F)c2)c1. The van der Waals surface area contributed by atoms with Crippen LogP contribution in [0.25, 0.3) is 20.8 Å². The molecular weight excluding hydrogens is 567 g/mol. The first-order chi connectivity index (χ1) is 20.9. The van der Waals surface area contributed by atoms with Crippen LogP contribution in [-0.2, 0) is 28.9 Å². The topological polar surface area (TPSA) is 102 Å². The second-order valence-corrected chi connectivity index (χ2v) is 10.9. The van der Waals surface area contributed by atoms with Gasteiger partial charge in [-0.3, -0.25) is 19.6 Å². The van der Waals surface area contributed by atoms with Crippen LogP contribution in [0, 0.1) is 5.82 Å². The maximum absolute atomic E-state index is 15.1. The van der Waals surface area contributed by atoms with E-state index in [9.17, 15) is 9.59 Å². The van der Waals surface area contributed by atoms with Gasteiger partial charge in [-0.2, -0.15) is 0 Å². The van der Waals surface area contributed by atoms with Gasteiger partial charge in [0.05, 0.1) is 27.4 Å². The molecule has 5 aromatic rings. The molecule has 0 saturated carbocycles. The van der Waals surface area contributed by atoms with E-state index in [2.05, 4.69) is 20.6 Å². The third kappa shape index (κ3) is 7.66. The van der Waals surface area contributed by atoms with Gasteiger partial charge in [-0.1, -0.05) is 24.3 Å². The van der Waals surface area contributed by atoms with Crippen LogP contribution in [-0.4, -0.2) is 49.0 Å². The van der Waals surface area contributed by atoms with Crippen LogP contribution in [0.5, 0.6) is 11.5 Å². The molecule has 0 atom stereocenters. The smallest absolute Gasteiger partial charge is 0.251 e. The van der Waals surface area contributed by atoms with Gasteiger partial charge in [-0.05, 0) is 53.1 Å². The minimum atomic E-state index is -0.565. The van der Waals surface area contributed by atoms with Crippen LogP contribution < -0.4 is 15.4 Å². The maximum atomic E-state index is 15.1. The van der Waals surface area contributed by atoms with Gasteiger partial charge < -0.3 is 20.1 Å². The fourth-order valence-corrected chi connectivity index (χ4v) is 5.59. The fourth-order valence-electron chi connectivity index (χ4n) is 4.54. The van der Waals surface area contributed by atoms with E-state index in [4.69, 9.17) is 9.47 Å². The Labute approximate surface area is 252 Å². The highest BCUT2D eigenvalue weighted by Gasteiger charge is 2.15. The highest BCUT2D eigenvalue weighted by molar-refractivity contribution is 7.22. The summed E-state index contributed by atoms with van der Waals surface area (Å²) in [4.78, 5) is 34.6. The number of hydrogen-bond acceptors (Lipinski definition) is 8. The molecule has 1 amide bonds. The van der Waals surface area contributed by atoms with Gasteiger partial charge in [0.25, 0.3) is 5.91 Å². The van der Waals surface area contributed by atoms with E-state index < -0.39 is 5.82 Å². The van der Waals surface area contributed by atoms with E-state index in [0.717, 1.165) is 38.5 Å². The summed E-state index contributed by atoms with van der Waals surface area (Å²) in [6.45, 7) is 2.12. The van der Waals surface area contributed by atoms with E-state index in [1.54, 1.807) is 56.8 Å². The lowest BCUT2D eigenvalue weighted by atomic mass is 10.0. The van der Waals surface area contributed by atoms with Gasteiger partial charge in [-0.15, -0.1) is 11.3 Å². The summed E-state index contributed by atoms with van der Waals surface area (Å²) >= 11 is 1.47. The van der Waals surface area contributed by atoms with Gasteiger partial charge in [-0.25, -0.2) is 4.39 Å². The lowest BCUT2D eigenvalue weighted by Crippen LogP contribution is -2.18. The molecule has 2 N–H and O–H groups in total. The number of Topliss-reactive ketones (excluding diaryl/α,β-unsaturated/α-hetero) is 1. The predicted molar refractivity (Wildman–Crippen MR) is 165 cm³/mol. The summed E-state index contributed by atoms with van der Waals surface area (Å²) in [6.07, 6.45) is 3.67. The zero-order chi connectivity index (χ0) is 30.2. The van der Waals surface area contributed by atoms with Crippen molar-refractivity contribution >= 4 is 33.2 Å². The number of hydrogen-bond donors (Lipinski definition) is 2. The highest BCUT2D eigenvalue weighted by atomic mass is 32.1. The molecule has 43 heavy (non-hydrogen) atoms. The van der Waals surface area contributed by atoms with E-state index in [1.807, 2.05) is 24.4 Å².